The molecule has 1 aromatic heterocycles. The van der Waals surface area contributed by atoms with E-state index in [0.717, 1.165) is 6.07 Å². The number of nitrogens with zero attached hydrogens (tertiary/aromatic N) is 2. The predicted octanol–water partition coefficient (Wildman–Crippen LogP) is 3.45. The van der Waals surface area contributed by atoms with Gasteiger partial charge in [-0.15, -0.1) is 0 Å². The summed E-state index contributed by atoms with van der Waals surface area (Å²) in [6.45, 7) is 5.43. The fourth-order valence-electron chi connectivity index (χ4n) is 1.64. The highest BCUT2D eigenvalue weighted by Gasteiger charge is 2.17. The van der Waals surface area contributed by atoms with Crippen LogP contribution in [0, 0.1) is 18.6 Å². The van der Waals surface area contributed by atoms with Crippen molar-refractivity contribution < 1.29 is 13.3 Å². The first-order chi connectivity index (χ1) is 7.99. The molecule has 0 atom stereocenters. The highest BCUT2D eigenvalue weighted by Crippen LogP contribution is 2.29. The Balaban J connectivity index is 2.63. The van der Waals surface area contributed by atoms with Crippen LogP contribution in [0.25, 0.3) is 11.4 Å². The van der Waals surface area contributed by atoms with Crippen molar-refractivity contribution in [3.63, 3.8) is 0 Å². The summed E-state index contributed by atoms with van der Waals surface area (Å²) >= 11 is 0. The maximum Gasteiger partial charge on any atom is 0.223 e. The Hall–Kier alpha value is -1.78. The first kappa shape index (κ1) is 11.7. The number of hydrogen-bond acceptors (Lipinski definition) is 3. The van der Waals surface area contributed by atoms with Crippen LogP contribution in [-0.2, 0) is 0 Å². The zero-order valence-corrected chi connectivity index (χ0v) is 9.79. The number of aryl methyl sites for hydroxylation is 1. The van der Waals surface area contributed by atoms with E-state index < -0.39 is 11.6 Å². The summed E-state index contributed by atoms with van der Waals surface area (Å²) in [5, 5.41) is 3.72. The SMILES string of the molecule is Cc1nc(-c2cc(F)c(F)cc2C(C)C)no1. The molecule has 0 bridgehead atoms. The van der Waals surface area contributed by atoms with E-state index in [1.807, 2.05) is 13.8 Å². The molecule has 0 N–H and O–H groups in total. The zero-order chi connectivity index (χ0) is 12.6. The third kappa shape index (κ3) is 2.18. The van der Waals surface area contributed by atoms with E-state index in [1.54, 1.807) is 6.92 Å². The average Bonchev–Trinajstić information content (AvgIpc) is 2.68. The number of halogens is 2. The molecule has 0 aliphatic rings. The van der Waals surface area contributed by atoms with Crippen LogP contribution in [0.4, 0.5) is 8.78 Å². The van der Waals surface area contributed by atoms with E-state index >= 15 is 0 Å². The summed E-state index contributed by atoms with van der Waals surface area (Å²) in [4.78, 5) is 4.03. The van der Waals surface area contributed by atoms with E-state index in [4.69, 9.17) is 4.52 Å². The summed E-state index contributed by atoms with van der Waals surface area (Å²) in [6, 6.07) is 2.29. The van der Waals surface area contributed by atoms with Crippen molar-refractivity contribution >= 4 is 0 Å². The van der Waals surface area contributed by atoms with Crippen molar-refractivity contribution in [3.8, 4) is 11.4 Å². The van der Waals surface area contributed by atoms with E-state index in [2.05, 4.69) is 10.1 Å². The molecule has 0 amide bonds. The van der Waals surface area contributed by atoms with Crippen LogP contribution in [0.5, 0.6) is 0 Å². The van der Waals surface area contributed by atoms with Crippen LogP contribution in [0.15, 0.2) is 16.7 Å². The van der Waals surface area contributed by atoms with E-state index in [0.29, 0.717) is 17.0 Å². The van der Waals surface area contributed by atoms with Crippen LogP contribution in [0.1, 0.15) is 31.2 Å². The van der Waals surface area contributed by atoms with Gasteiger partial charge in [-0.05, 0) is 23.6 Å². The Morgan fingerprint density at radius 1 is 1.18 bits per heavy atom. The summed E-state index contributed by atoms with van der Waals surface area (Å²) in [5.74, 6) is -1.06. The van der Waals surface area contributed by atoms with Gasteiger partial charge in [0.25, 0.3) is 0 Å². The largest absolute Gasteiger partial charge is 0.339 e. The van der Waals surface area contributed by atoms with E-state index in [1.165, 1.54) is 6.07 Å². The molecule has 5 heteroatoms. The lowest BCUT2D eigenvalue weighted by Crippen LogP contribution is -1.98. The molecule has 1 aromatic carbocycles. The van der Waals surface area contributed by atoms with E-state index in [9.17, 15) is 8.78 Å². The number of rotatable bonds is 2. The lowest BCUT2D eigenvalue weighted by atomic mass is 9.96. The monoisotopic (exact) mass is 238 g/mol. The van der Waals surface area contributed by atoms with Gasteiger partial charge >= 0.3 is 0 Å². The maximum atomic E-state index is 13.3. The standard InChI is InChI=1S/C12H12F2N2O/c1-6(2)8-4-10(13)11(14)5-9(8)12-15-7(3)17-16-12/h4-6H,1-3H3. The highest BCUT2D eigenvalue weighted by molar-refractivity contribution is 5.61. The van der Waals surface area contributed by atoms with Crippen LogP contribution in [0.3, 0.4) is 0 Å². The van der Waals surface area contributed by atoms with Gasteiger partial charge in [-0.1, -0.05) is 19.0 Å². The number of hydrogen-bond donors (Lipinski definition) is 0. The van der Waals surface area contributed by atoms with Crippen LogP contribution in [0.2, 0.25) is 0 Å². The molecule has 0 aliphatic carbocycles. The maximum absolute atomic E-state index is 13.3. The molecule has 0 spiro atoms. The van der Waals surface area contributed by atoms with Crippen molar-refractivity contribution in [2.24, 2.45) is 0 Å². The number of benzene rings is 1. The molecule has 0 saturated carbocycles. The number of aromatic nitrogens is 2. The lowest BCUT2D eigenvalue weighted by Gasteiger charge is -2.10. The normalized spacial score (nSPS) is 11.2. The Morgan fingerprint density at radius 3 is 2.35 bits per heavy atom. The van der Waals surface area contributed by atoms with E-state index in [-0.39, 0.29) is 11.7 Å². The molecule has 2 rings (SSSR count). The molecule has 3 nitrogen and oxygen atoms in total. The van der Waals surface area contributed by atoms with Gasteiger partial charge in [-0.25, -0.2) is 8.78 Å². The van der Waals surface area contributed by atoms with Gasteiger partial charge in [0, 0.05) is 12.5 Å². The Bertz CT molecular complexity index is 549. The molecule has 2 aromatic rings. The molecular weight excluding hydrogens is 226 g/mol. The molecule has 0 saturated heterocycles. The molecule has 0 aliphatic heterocycles. The summed E-state index contributed by atoms with van der Waals surface area (Å²) < 4.78 is 31.3. The smallest absolute Gasteiger partial charge is 0.223 e. The molecule has 1 heterocycles. The van der Waals surface area contributed by atoms with Crippen molar-refractivity contribution in [2.45, 2.75) is 26.7 Å². The lowest BCUT2D eigenvalue weighted by molar-refractivity contribution is 0.394. The third-order valence-corrected chi connectivity index (χ3v) is 2.48. The van der Waals surface area contributed by atoms with Gasteiger partial charge in [0.15, 0.2) is 11.6 Å². The van der Waals surface area contributed by atoms with Crippen LogP contribution in [-0.4, -0.2) is 10.1 Å². The predicted molar refractivity (Wildman–Crippen MR) is 58.5 cm³/mol. The molecule has 17 heavy (non-hydrogen) atoms. The summed E-state index contributed by atoms with van der Waals surface area (Å²) in [5.41, 5.74) is 1.13. The minimum absolute atomic E-state index is 0.0407. The van der Waals surface area contributed by atoms with Gasteiger partial charge in [0.2, 0.25) is 11.7 Å². The van der Waals surface area contributed by atoms with Gasteiger partial charge in [-0.2, -0.15) is 4.98 Å². The fraction of sp³-hybridized carbons (Fsp3) is 0.333. The van der Waals surface area contributed by atoms with Gasteiger partial charge in [0.05, 0.1) is 0 Å². The molecule has 0 fully saturated rings. The Labute approximate surface area is 97.5 Å². The highest BCUT2D eigenvalue weighted by atomic mass is 19.2. The van der Waals surface area contributed by atoms with Crippen molar-refractivity contribution in [1.29, 1.82) is 0 Å². The second kappa shape index (κ2) is 4.24. The second-order valence-electron chi connectivity index (χ2n) is 4.15. The third-order valence-electron chi connectivity index (χ3n) is 2.48. The first-order valence-electron chi connectivity index (χ1n) is 5.28. The average molecular weight is 238 g/mol. The molecular formula is C12H12F2N2O. The fourth-order valence-corrected chi connectivity index (χ4v) is 1.64. The van der Waals surface area contributed by atoms with Crippen LogP contribution >= 0.6 is 0 Å². The topological polar surface area (TPSA) is 38.9 Å². The van der Waals surface area contributed by atoms with Crippen molar-refractivity contribution in [2.75, 3.05) is 0 Å². The second-order valence-corrected chi connectivity index (χ2v) is 4.15. The quantitative estimate of drug-likeness (QED) is 0.804. The molecule has 0 unspecified atom stereocenters. The van der Waals surface area contributed by atoms with Gasteiger partial charge in [-0.3, -0.25) is 0 Å². The Morgan fingerprint density at radius 2 is 1.82 bits per heavy atom. The first-order valence-corrected chi connectivity index (χ1v) is 5.28. The van der Waals surface area contributed by atoms with Crippen molar-refractivity contribution in [1.82, 2.24) is 10.1 Å². The van der Waals surface area contributed by atoms with Gasteiger partial charge in [0.1, 0.15) is 0 Å². The zero-order valence-electron chi connectivity index (χ0n) is 9.79. The van der Waals surface area contributed by atoms with Gasteiger partial charge < -0.3 is 4.52 Å². The minimum atomic E-state index is -0.910. The molecule has 0 radical (unpaired) electrons. The van der Waals surface area contributed by atoms with Crippen LogP contribution < -0.4 is 0 Å². The minimum Gasteiger partial charge on any atom is -0.339 e. The molecule has 90 valence electrons. The van der Waals surface area contributed by atoms with Crippen molar-refractivity contribution in [3.05, 3.63) is 35.2 Å². The Kier molecular flexibility index (Phi) is 2.92. The summed E-state index contributed by atoms with van der Waals surface area (Å²) in [6.07, 6.45) is 0. The summed E-state index contributed by atoms with van der Waals surface area (Å²) in [7, 11) is 0.